The minimum absolute atomic E-state index is 0.110. The highest BCUT2D eigenvalue weighted by Gasteiger charge is 2.21. The molecular weight excluding hydrogens is 306 g/mol. The van der Waals surface area contributed by atoms with Crippen molar-refractivity contribution in [3.63, 3.8) is 0 Å². The molecule has 0 aliphatic carbocycles. The lowest BCUT2D eigenvalue weighted by molar-refractivity contribution is -0.123. The number of aliphatic imine (C=N–C) groups is 1. The van der Waals surface area contributed by atoms with Gasteiger partial charge in [-0.3, -0.25) is 14.6 Å². The Morgan fingerprint density at radius 3 is 2.75 bits per heavy atom. The van der Waals surface area contributed by atoms with Crippen LogP contribution in [0.2, 0.25) is 0 Å². The number of guanidine groups is 1. The van der Waals surface area contributed by atoms with Crippen LogP contribution >= 0.6 is 0 Å². The van der Waals surface area contributed by atoms with Gasteiger partial charge < -0.3 is 20.9 Å². The first kappa shape index (κ1) is 17.3. The van der Waals surface area contributed by atoms with Gasteiger partial charge in [-0.15, -0.1) is 6.42 Å². The highest BCUT2D eigenvalue weighted by atomic mass is 16.2. The van der Waals surface area contributed by atoms with Crippen LogP contribution in [0, 0.1) is 12.3 Å². The van der Waals surface area contributed by atoms with Crippen molar-refractivity contribution in [2.45, 2.75) is 6.54 Å². The monoisotopic (exact) mass is 327 g/mol. The fraction of sp³-hybridized carbons (Fsp3) is 0.353. The van der Waals surface area contributed by atoms with Gasteiger partial charge in [0.25, 0.3) is 5.91 Å². The minimum atomic E-state index is -0.129. The molecule has 126 valence electrons. The van der Waals surface area contributed by atoms with Crippen LogP contribution in [0.1, 0.15) is 15.9 Å². The number of carbonyl (C=O) groups excluding carboxylic acids is 2. The lowest BCUT2D eigenvalue weighted by Gasteiger charge is -2.26. The summed E-state index contributed by atoms with van der Waals surface area (Å²) in [6.07, 6.45) is 5.20. The third-order valence-electron chi connectivity index (χ3n) is 3.57. The van der Waals surface area contributed by atoms with E-state index in [-0.39, 0.29) is 18.4 Å². The summed E-state index contributed by atoms with van der Waals surface area (Å²) in [5, 5.41) is 8.81. The molecule has 1 aliphatic rings. The first-order valence-corrected chi connectivity index (χ1v) is 7.67. The van der Waals surface area contributed by atoms with E-state index in [4.69, 9.17) is 6.42 Å². The summed E-state index contributed by atoms with van der Waals surface area (Å²) in [4.78, 5) is 29.4. The predicted molar refractivity (Wildman–Crippen MR) is 92.4 cm³/mol. The summed E-state index contributed by atoms with van der Waals surface area (Å²) < 4.78 is 0. The van der Waals surface area contributed by atoms with E-state index in [1.165, 1.54) is 0 Å². The zero-order valence-corrected chi connectivity index (χ0v) is 13.6. The molecule has 1 fully saturated rings. The van der Waals surface area contributed by atoms with Gasteiger partial charge in [0, 0.05) is 32.2 Å². The molecule has 0 radical (unpaired) electrons. The zero-order valence-electron chi connectivity index (χ0n) is 13.6. The van der Waals surface area contributed by atoms with E-state index in [0.29, 0.717) is 37.7 Å². The smallest absolute Gasteiger partial charge is 0.254 e. The van der Waals surface area contributed by atoms with Crippen LogP contribution in [0.4, 0.5) is 0 Å². The molecule has 1 aromatic rings. The lowest BCUT2D eigenvalue weighted by atomic mass is 10.1. The second-order valence-electron chi connectivity index (χ2n) is 5.26. The summed E-state index contributed by atoms with van der Waals surface area (Å²) in [5.74, 6) is 2.85. The SMILES string of the molecule is C#CCNC(=NC)NCc1ccc(C(=O)N2CCNC(=O)C2)cc1. The van der Waals surface area contributed by atoms with Crippen molar-refractivity contribution in [3.05, 3.63) is 35.4 Å². The Bertz CT molecular complexity index is 661. The van der Waals surface area contributed by atoms with Crippen LogP contribution in [0.25, 0.3) is 0 Å². The largest absolute Gasteiger partial charge is 0.353 e. The van der Waals surface area contributed by atoms with Crippen LogP contribution < -0.4 is 16.0 Å². The number of terminal acetylenes is 1. The molecule has 1 heterocycles. The van der Waals surface area contributed by atoms with Crippen LogP contribution in [-0.2, 0) is 11.3 Å². The van der Waals surface area contributed by atoms with Gasteiger partial charge in [-0.25, -0.2) is 0 Å². The minimum Gasteiger partial charge on any atom is -0.353 e. The maximum Gasteiger partial charge on any atom is 0.254 e. The highest BCUT2D eigenvalue weighted by Crippen LogP contribution is 2.09. The van der Waals surface area contributed by atoms with E-state index >= 15 is 0 Å². The lowest BCUT2D eigenvalue weighted by Crippen LogP contribution is -2.49. The average molecular weight is 327 g/mol. The Morgan fingerprint density at radius 2 is 2.12 bits per heavy atom. The molecule has 0 saturated carbocycles. The molecule has 7 heteroatoms. The third kappa shape index (κ3) is 4.74. The number of piperazine rings is 1. The molecule has 3 N–H and O–H groups in total. The fourth-order valence-corrected chi connectivity index (χ4v) is 2.30. The maximum absolute atomic E-state index is 12.4. The van der Waals surface area contributed by atoms with Crippen molar-refractivity contribution >= 4 is 17.8 Å². The summed E-state index contributed by atoms with van der Waals surface area (Å²) in [5.41, 5.74) is 1.58. The molecule has 0 spiro atoms. The van der Waals surface area contributed by atoms with E-state index in [9.17, 15) is 9.59 Å². The number of benzene rings is 1. The summed E-state index contributed by atoms with van der Waals surface area (Å²) in [7, 11) is 1.67. The number of hydrogen-bond acceptors (Lipinski definition) is 3. The predicted octanol–water partition coefficient (Wildman–Crippen LogP) is -0.443. The van der Waals surface area contributed by atoms with Crippen LogP contribution in [0.3, 0.4) is 0 Å². The summed E-state index contributed by atoms with van der Waals surface area (Å²) in [6, 6.07) is 7.28. The highest BCUT2D eigenvalue weighted by molar-refractivity contribution is 5.97. The van der Waals surface area contributed by atoms with E-state index in [1.54, 1.807) is 24.1 Å². The second kappa shape index (κ2) is 8.58. The van der Waals surface area contributed by atoms with Crippen molar-refractivity contribution in [2.75, 3.05) is 33.2 Å². The van der Waals surface area contributed by atoms with Gasteiger partial charge in [0.15, 0.2) is 5.96 Å². The standard InChI is InChI=1S/C17H21N5O2/c1-3-8-20-17(18-2)21-11-13-4-6-14(7-5-13)16(24)22-10-9-19-15(23)12-22/h1,4-7H,8-12H2,2H3,(H,19,23)(H2,18,20,21). The normalized spacial score (nSPS) is 14.6. The van der Waals surface area contributed by atoms with Crippen LogP contribution in [0.15, 0.2) is 29.3 Å². The molecule has 0 atom stereocenters. The molecule has 2 amide bonds. The number of amides is 2. The average Bonchev–Trinajstić information content (AvgIpc) is 2.62. The summed E-state index contributed by atoms with van der Waals surface area (Å²) in [6.45, 7) is 2.10. The summed E-state index contributed by atoms with van der Waals surface area (Å²) >= 11 is 0. The molecule has 0 unspecified atom stereocenters. The Balaban J connectivity index is 1.91. The van der Waals surface area contributed by atoms with Crippen molar-refractivity contribution in [2.24, 2.45) is 4.99 Å². The van der Waals surface area contributed by atoms with Gasteiger partial charge in [0.05, 0.1) is 13.1 Å². The van der Waals surface area contributed by atoms with Crippen molar-refractivity contribution < 1.29 is 9.59 Å². The van der Waals surface area contributed by atoms with Gasteiger partial charge >= 0.3 is 0 Å². The van der Waals surface area contributed by atoms with Crippen molar-refractivity contribution in [3.8, 4) is 12.3 Å². The van der Waals surface area contributed by atoms with Gasteiger partial charge in [-0.1, -0.05) is 18.1 Å². The quantitative estimate of drug-likeness (QED) is 0.397. The Labute approximate surface area is 141 Å². The molecule has 1 aromatic carbocycles. The molecule has 24 heavy (non-hydrogen) atoms. The van der Waals surface area contributed by atoms with E-state index in [1.807, 2.05) is 12.1 Å². The first-order chi connectivity index (χ1) is 11.6. The number of carbonyl (C=O) groups is 2. The van der Waals surface area contributed by atoms with Crippen molar-refractivity contribution in [1.29, 1.82) is 0 Å². The Morgan fingerprint density at radius 1 is 1.38 bits per heavy atom. The molecule has 1 saturated heterocycles. The van der Waals surface area contributed by atoms with Crippen LogP contribution in [-0.4, -0.2) is 55.9 Å². The molecule has 2 rings (SSSR count). The number of nitrogens with one attached hydrogen (secondary N) is 3. The molecule has 1 aliphatic heterocycles. The topological polar surface area (TPSA) is 85.8 Å². The number of nitrogens with zero attached hydrogens (tertiary/aromatic N) is 2. The maximum atomic E-state index is 12.4. The van der Waals surface area contributed by atoms with E-state index in [0.717, 1.165) is 5.56 Å². The molecule has 0 aromatic heterocycles. The zero-order chi connectivity index (χ0) is 17.4. The second-order valence-corrected chi connectivity index (χ2v) is 5.26. The van der Waals surface area contributed by atoms with Crippen molar-refractivity contribution in [1.82, 2.24) is 20.9 Å². The fourth-order valence-electron chi connectivity index (χ4n) is 2.30. The molecule has 0 bridgehead atoms. The number of rotatable bonds is 4. The van der Waals surface area contributed by atoms with Gasteiger partial charge in [0.1, 0.15) is 0 Å². The molecule has 7 nitrogen and oxygen atoms in total. The first-order valence-electron chi connectivity index (χ1n) is 7.67. The van der Waals surface area contributed by atoms with E-state index < -0.39 is 0 Å². The van der Waals surface area contributed by atoms with E-state index in [2.05, 4.69) is 26.9 Å². The Kier molecular flexibility index (Phi) is 6.20. The van der Waals surface area contributed by atoms with Crippen LogP contribution in [0.5, 0.6) is 0 Å². The van der Waals surface area contributed by atoms with Gasteiger partial charge in [-0.05, 0) is 17.7 Å². The third-order valence-corrected chi connectivity index (χ3v) is 3.57. The van der Waals surface area contributed by atoms with Gasteiger partial charge in [-0.2, -0.15) is 0 Å². The number of hydrogen-bond donors (Lipinski definition) is 3. The Hall–Kier alpha value is -3.01. The molecular formula is C17H21N5O2. The van der Waals surface area contributed by atoms with Gasteiger partial charge in [0.2, 0.25) is 5.91 Å².